The van der Waals surface area contributed by atoms with E-state index in [2.05, 4.69) is 20.5 Å². The van der Waals surface area contributed by atoms with E-state index in [1.165, 1.54) is 0 Å². The molecule has 0 atom stereocenters. The molecule has 0 radical (unpaired) electrons. The minimum Gasteiger partial charge on any atom is -0.362 e. The molecule has 5 heteroatoms. The van der Waals surface area contributed by atoms with E-state index in [0.29, 0.717) is 11.7 Å². The summed E-state index contributed by atoms with van der Waals surface area (Å²) in [6.45, 7) is 2.64. The van der Waals surface area contributed by atoms with Crippen LogP contribution in [0.1, 0.15) is 11.3 Å². The fraction of sp³-hybridized carbons (Fsp3) is 0.133. The lowest BCUT2D eigenvalue weighted by Crippen LogP contribution is -2.06. The first-order valence-electron chi connectivity index (χ1n) is 6.31. The minimum atomic E-state index is 0.417. The average Bonchev–Trinajstić information content (AvgIpc) is 2.48. The van der Waals surface area contributed by atoms with Crippen molar-refractivity contribution in [3.63, 3.8) is 0 Å². The molecule has 2 heterocycles. The summed E-state index contributed by atoms with van der Waals surface area (Å²) in [7, 11) is 0. The van der Waals surface area contributed by atoms with E-state index in [9.17, 15) is 0 Å². The van der Waals surface area contributed by atoms with Gasteiger partial charge in [0.05, 0.1) is 12.2 Å². The first-order valence-corrected chi connectivity index (χ1v) is 6.69. The topological polar surface area (TPSA) is 50.7 Å². The summed E-state index contributed by atoms with van der Waals surface area (Å²) in [5.74, 6) is 0.718. The molecule has 2 aromatic heterocycles. The van der Waals surface area contributed by atoms with Crippen molar-refractivity contribution >= 4 is 28.2 Å². The number of nitrogens with zero attached hydrogens (tertiary/aromatic N) is 3. The second-order valence-corrected chi connectivity index (χ2v) is 4.86. The highest BCUT2D eigenvalue weighted by Gasteiger charge is 2.07. The SMILES string of the molecule is Cc1cccnc1CNc1nnc(Cl)c2ccccc12. The summed E-state index contributed by atoms with van der Waals surface area (Å²) in [6, 6.07) is 11.8. The van der Waals surface area contributed by atoms with E-state index < -0.39 is 0 Å². The van der Waals surface area contributed by atoms with Crippen LogP contribution in [-0.4, -0.2) is 15.2 Å². The Hall–Kier alpha value is -2.20. The molecule has 100 valence electrons. The molecule has 0 unspecified atom stereocenters. The number of hydrogen-bond acceptors (Lipinski definition) is 4. The van der Waals surface area contributed by atoms with Gasteiger partial charge < -0.3 is 5.32 Å². The lowest BCUT2D eigenvalue weighted by Gasteiger charge is -2.09. The van der Waals surface area contributed by atoms with Gasteiger partial charge in [0.15, 0.2) is 11.0 Å². The van der Waals surface area contributed by atoms with Crippen molar-refractivity contribution in [1.82, 2.24) is 15.2 Å². The molecule has 3 rings (SSSR count). The molecule has 0 saturated heterocycles. The number of benzene rings is 1. The van der Waals surface area contributed by atoms with Gasteiger partial charge in [-0.2, -0.15) is 0 Å². The number of rotatable bonds is 3. The minimum absolute atomic E-state index is 0.417. The van der Waals surface area contributed by atoms with Crippen LogP contribution in [0.2, 0.25) is 5.15 Å². The van der Waals surface area contributed by atoms with Crippen molar-refractivity contribution in [3.05, 3.63) is 59.0 Å². The van der Waals surface area contributed by atoms with E-state index in [1.807, 2.05) is 43.3 Å². The zero-order valence-corrected chi connectivity index (χ0v) is 11.7. The van der Waals surface area contributed by atoms with Crippen LogP contribution >= 0.6 is 11.6 Å². The first-order chi connectivity index (χ1) is 9.75. The molecule has 0 spiro atoms. The molecule has 0 fully saturated rings. The predicted octanol–water partition coefficient (Wildman–Crippen LogP) is 3.60. The highest BCUT2D eigenvalue weighted by molar-refractivity contribution is 6.34. The maximum absolute atomic E-state index is 6.06. The van der Waals surface area contributed by atoms with Crippen LogP contribution < -0.4 is 5.32 Å². The molecule has 0 amide bonds. The van der Waals surface area contributed by atoms with Crippen molar-refractivity contribution in [2.75, 3.05) is 5.32 Å². The molecule has 0 bridgehead atoms. The normalized spacial score (nSPS) is 10.7. The Morgan fingerprint density at radius 2 is 1.85 bits per heavy atom. The highest BCUT2D eigenvalue weighted by Crippen LogP contribution is 2.25. The lowest BCUT2D eigenvalue weighted by atomic mass is 10.2. The Morgan fingerprint density at radius 3 is 2.65 bits per heavy atom. The van der Waals surface area contributed by atoms with Crippen molar-refractivity contribution < 1.29 is 0 Å². The van der Waals surface area contributed by atoms with Gasteiger partial charge in [-0.05, 0) is 18.6 Å². The highest BCUT2D eigenvalue weighted by atomic mass is 35.5. The fourth-order valence-electron chi connectivity index (χ4n) is 2.07. The van der Waals surface area contributed by atoms with Gasteiger partial charge in [0.2, 0.25) is 0 Å². The summed E-state index contributed by atoms with van der Waals surface area (Å²) in [5.41, 5.74) is 2.14. The van der Waals surface area contributed by atoms with Gasteiger partial charge in [-0.3, -0.25) is 4.98 Å². The molecule has 4 nitrogen and oxygen atoms in total. The fourth-order valence-corrected chi connectivity index (χ4v) is 2.28. The van der Waals surface area contributed by atoms with E-state index in [0.717, 1.165) is 27.8 Å². The summed E-state index contributed by atoms with van der Waals surface area (Å²) >= 11 is 6.06. The number of fused-ring (bicyclic) bond motifs is 1. The second kappa shape index (κ2) is 5.43. The first kappa shape index (κ1) is 12.8. The molecule has 0 aliphatic rings. The average molecular weight is 285 g/mol. The van der Waals surface area contributed by atoms with Crippen LogP contribution in [0.25, 0.3) is 10.8 Å². The Bertz CT molecular complexity index is 758. The summed E-state index contributed by atoms with van der Waals surface area (Å²) in [4.78, 5) is 4.35. The Labute approximate surface area is 121 Å². The predicted molar refractivity (Wildman–Crippen MR) is 80.8 cm³/mol. The van der Waals surface area contributed by atoms with Gasteiger partial charge in [0.25, 0.3) is 0 Å². The maximum Gasteiger partial charge on any atom is 0.159 e. The van der Waals surface area contributed by atoms with Gasteiger partial charge in [-0.15, -0.1) is 10.2 Å². The molecule has 0 aliphatic heterocycles. The van der Waals surface area contributed by atoms with Gasteiger partial charge in [-0.25, -0.2) is 0 Å². The van der Waals surface area contributed by atoms with Crippen LogP contribution in [0.4, 0.5) is 5.82 Å². The third-order valence-corrected chi connectivity index (χ3v) is 3.46. The van der Waals surface area contributed by atoms with Crippen LogP contribution in [0.15, 0.2) is 42.6 Å². The number of pyridine rings is 1. The third kappa shape index (κ3) is 2.42. The van der Waals surface area contributed by atoms with Gasteiger partial charge in [0.1, 0.15) is 0 Å². The molecular formula is C15H13ClN4. The molecular weight excluding hydrogens is 272 g/mol. The zero-order chi connectivity index (χ0) is 13.9. The Kier molecular flexibility index (Phi) is 3.48. The summed E-state index contributed by atoms with van der Waals surface area (Å²) in [5, 5.41) is 13.7. The number of aryl methyl sites for hydroxylation is 1. The largest absolute Gasteiger partial charge is 0.362 e. The Morgan fingerprint density at radius 1 is 1.05 bits per heavy atom. The van der Waals surface area contributed by atoms with E-state index in [4.69, 9.17) is 11.6 Å². The summed E-state index contributed by atoms with van der Waals surface area (Å²) in [6.07, 6.45) is 1.79. The molecule has 20 heavy (non-hydrogen) atoms. The Balaban J connectivity index is 1.92. The number of nitrogens with one attached hydrogen (secondary N) is 1. The smallest absolute Gasteiger partial charge is 0.159 e. The van der Waals surface area contributed by atoms with E-state index >= 15 is 0 Å². The van der Waals surface area contributed by atoms with E-state index in [1.54, 1.807) is 6.20 Å². The number of anilines is 1. The molecule has 1 aromatic carbocycles. The molecule has 0 saturated carbocycles. The number of aromatic nitrogens is 3. The summed E-state index contributed by atoms with van der Waals surface area (Å²) < 4.78 is 0. The van der Waals surface area contributed by atoms with Crippen molar-refractivity contribution in [3.8, 4) is 0 Å². The lowest BCUT2D eigenvalue weighted by molar-refractivity contribution is 0.977. The van der Waals surface area contributed by atoms with Crippen molar-refractivity contribution in [2.24, 2.45) is 0 Å². The van der Waals surface area contributed by atoms with Gasteiger partial charge in [-0.1, -0.05) is 41.9 Å². The molecule has 1 N–H and O–H groups in total. The molecule has 3 aromatic rings. The van der Waals surface area contributed by atoms with Crippen molar-refractivity contribution in [2.45, 2.75) is 13.5 Å². The van der Waals surface area contributed by atoms with Crippen LogP contribution in [0.3, 0.4) is 0 Å². The van der Waals surface area contributed by atoms with Gasteiger partial charge in [0, 0.05) is 17.0 Å². The van der Waals surface area contributed by atoms with Crippen LogP contribution in [-0.2, 0) is 6.54 Å². The number of halogens is 1. The van der Waals surface area contributed by atoms with Gasteiger partial charge >= 0.3 is 0 Å². The maximum atomic E-state index is 6.06. The monoisotopic (exact) mass is 284 g/mol. The van der Waals surface area contributed by atoms with Crippen LogP contribution in [0, 0.1) is 6.92 Å². The quantitative estimate of drug-likeness (QED) is 0.798. The standard InChI is InChI=1S/C15H13ClN4/c1-10-5-4-8-17-13(10)9-18-15-12-7-3-2-6-11(12)14(16)19-20-15/h2-8H,9H2,1H3,(H,18,20). The van der Waals surface area contributed by atoms with Crippen LogP contribution in [0.5, 0.6) is 0 Å². The number of hydrogen-bond donors (Lipinski definition) is 1. The van der Waals surface area contributed by atoms with E-state index in [-0.39, 0.29) is 0 Å². The molecule has 0 aliphatic carbocycles. The second-order valence-electron chi connectivity index (χ2n) is 4.51. The zero-order valence-electron chi connectivity index (χ0n) is 11.0. The third-order valence-electron chi connectivity index (χ3n) is 3.18. The van der Waals surface area contributed by atoms with Crippen molar-refractivity contribution in [1.29, 1.82) is 0 Å².